The maximum Gasteiger partial charge on any atom is 0.329 e. The van der Waals surface area contributed by atoms with Gasteiger partial charge in [-0.3, -0.25) is 13.9 Å². The number of aromatic amines is 1. The van der Waals surface area contributed by atoms with Crippen LogP contribution in [0.4, 0.5) is 4.39 Å². The Morgan fingerprint density at radius 3 is 2.34 bits per heavy atom. The zero-order valence-corrected chi connectivity index (χ0v) is 25.8. The number of rotatable bonds is 7. The molecule has 1 fully saturated rings. The number of benzene rings is 1. The highest BCUT2D eigenvalue weighted by molar-refractivity contribution is 6.13. The molecule has 0 aliphatic heterocycles. The van der Waals surface area contributed by atoms with Crippen molar-refractivity contribution in [1.29, 1.82) is 0 Å². The van der Waals surface area contributed by atoms with Gasteiger partial charge in [0, 0.05) is 38.6 Å². The minimum absolute atomic E-state index is 0.0756. The van der Waals surface area contributed by atoms with Crippen molar-refractivity contribution in [1.82, 2.24) is 19.1 Å². The number of amides is 1. The highest BCUT2D eigenvalue weighted by Crippen LogP contribution is 2.42. The van der Waals surface area contributed by atoms with E-state index in [9.17, 15) is 14.3 Å². The van der Waals surface area contributed by atoms with Crippen LogP contribution >= 0.6 is 0 Å². The topological polar surface area (TPSA) is 189 Å². The molecule has 0 spiro atoms. The van der Waals surface area contributed by atoms with Crippen LogP contribution in [0.15, 0.2) is 53.0 Å². The maximum atomic E-state index is 14.8. The van der Waals surface area contributed by atoms with Gasteiger partial charge >= 0.3 is 5.69 Å². The van der Waals surface area contributed by atoms with Crippen molar-refractivity contribution in [3.05, 3.63) is 64.4 Å². The van der Waals surface area contributed by atoms with E-state index >= 15 is 0 Å². The molecule has 1 unspecified atom stereocenters. The van der Waals surface area contributed by atoms with E-state index in [1.165, 1.54) is 6.08 Å². The first kappa shape index (κ1) is 33.9. The number of allylic oxidation sites excluding steroid dienone is 3. The Kier molecular flexibility index (Phi) is 11.7. The molecule has 13 heteroatoms. The number of primary amides is 1. The van der Waals surface area contributed by atoms with Gasteiger partial charge in [-0.25, -0.2) is 9.78 Å². The number of halogens is 1. The van der Waals surface area contributed by atoms with Gasteiger partial charge in [-0.15, -0.1) is 0 Å². The molecule has 1 aromatic carbocycles. The largest absolute Gasteiger partial charge is 0.491 e. The zero-order chi connectivity index (χ0) is 32.6. The number of ether oxygens (including phenoxy) is 2. The van der Waals surface area contributed by atoms with E-state index in [1.54, 1.807) is 58.0 Å². The summed E-state index contributed by atoms with van der Waals surface area (Å²) in [5.74, 6) is -0.308. The molecule has 5 rings (SSSR count). The average molecular weight is 612 g/mol. The van der Waals surface area contributed by atoms with Crippen LogP contribution in [0.5, 0.6) is 5.75 Å². The lowest BCUT2D eigenvalue weighted by Gasteiger charge is -2.13. The number of hydrogen-bond acceptors (Lipinski definition) is 8. The van der Waals surface area contributed by atoms with Gasteiger partial charge in [0.15, 0.2) is 5.95 Å². The number of carbonyl (C=O) groups excluding carboxylic acids is 1. The van der Waals surface area contributed by atoms with Crippen LogP contribution in [-0.4, -0.2) is 57.5 Å². The van der Waals surface area contributed by atoms with Gasteiger partial charge in [0.1, 0.15) is 18.0 Å². The molecular formula is C31H42FN7O5. The smallest absolute Gasteiger partial charge is 0.329 e. The van der Waals surface area contributed by atoms with Crippen LogP contribution in [0, 0.1) is 0 Å². The molecule has 0 saturated heterocycles. The molecule has 3 heterocycles. The normalized spacial score (nSPS) is 14.8. The average Bonchev–Trinajstić information content (AvgIpc) is 3.69. The number of H-pyrrole nitrogens is 1. The number of nitrogens with zero attached hydrogens (tertiary/aromatic N) is 3. The first-order valence-corrected chi connectivity index (χ1v) is 14.2. The van der Waals surface area contributed by atoms with E-state index in [1.807, 2.05) is 16.7 Å². The number of aromatic nitrogens is 4. The second-order valence-electron chi connectivity index (χ2n) is 10.6. The molecule has 12 nitrogen and oxygen atoms in total. The number of hydrogen-bond donors (Lipinski definition) is 5. The number of nitrogens with one attached hydrogen (secondary N) is 1. The summed E-state index contributed by atoms with van der Waals surface area (Å²) in [6, 6.07) is 7.36. The fourth-order valence-electron chi connectivity index (χ4n) is 5.39. The zero-order valence-electron chi connectivity index (χ0n) is 25.8. The van der Waals surface area contributed by atoms with Gasteiger partial charge in [0.05, 0.1) is 40.0 Å². The van der Waals surface area contributed by atoms with E-state index < -0.39 is 12.1 Å². The summed E-state index contributed by atoms with van der Waals surface area (Å²) in [6.07, 6.45) is 6.76. The summed E-state index contributed by atoms with van der Waals surface area (Å²) in [7, 11) is 5.00. The van der Waals surface area contributed by atoms with Crippen molar-refractivity contribution in [2.75, 3.05) is 20.8 Å². The van der Waals surface area contributed by atoms with Gasteiger partial charge in [-0.05, 0) is 50.5 Å². The number of aryl methyl sites for hydroxylation is 1. The molecule has 44 heavy (non-hydrogen) atoms. The minimum Gasteiger partial charge on any atom is -0.491 e. The van der Waals surface area contributed by atoms with Crippen LogP contribution in [0.1, 0.15) is 51.3 Å². The second kappa shape index (κ2) is 15.2. The molecule has 0 bridgehead atoms. The van der Waals surface area contributed by atoms with E-state index in [4.69, 9.17) is 21.0 Å². The molecule has 1 atom stereocenters. The Morgan fingerprint density at radius 2 is 1.82 bits per heavy atom. The maximum absolute atomic E-state index is 14.8. The van der Waals surface area contributed by atoms with Crippen molar-refractivity contribution in [3.63, 3.8) is 0 Å². The standard InChI is InChI=1S/C28H33FN6O3.C2H6O.CH3NO/c1-15(30)12-20(26(29)31)24-22(17-8-10-19(11-9-17)38-14-16(2)36)23-25-21(13-32-27(23)33-24)34(3)28(37)35(25)18-6-4-5-7-18;1-3-2;2-1-3/h8-13,16,18,36H,4-7,14,30-31H2,1-3H3,(H,32,33);1-2H3;1H,(H2,2,3)/b15-12-,26-20+;;. The number of nitrogens with two attached hydrogens (primary N) is 3. The Morgan fingerprint density at radius 1 is 1.23 bits per heavy atom. The number of fused-ring (bicyclic) bond motifs is 3. The van der Waals surface area contributed by atoms with E-state index in [0.29, 0.717) is 39.3 Å². The first-order valence-electron chi connectivity index (χ1n) is 14.2. The van der Waals surface area contributed by atoms with E-state index in [2.05, 4.69) is 20.4 Å². The first-order chi connectivity index (χ1) is 21.0. The van der Waals surface area contributed by atoms with Gasteiger partial charge < -0.3 is 36.8 Å². The van der Waals surface area contributed by atoms with Gasteiger partial charge in [0.2, 0.25) is 6.41 Å². The van der Waals surface area contributed by atoms with Crippen molar-refractivity contribution < 1.29 is 23.8 Å². The molecule has 3 aromatic heterocycles. The van der Waals surface area contributed by atoms with Crippen molar-refractivity contribution in [2.24, 2.45) is 24.2 Å². The fourth-order valence-corrected chi connectivity index (χ4v) is 5.39. The van der Waals surface area contributed by atoms with Crippen molar-refractivity contribution in [2.45, 2.75) is 51.7 Å². The third-order valence-corrected chi connectivity index (χ3v) is 7.09. The predicted octanol–water partition coefficient (Wildman–Crippen LogP) is 3.58. The summed E-state index contributed by atoms with van der Waals surface area (Å²) in [5.41, 5.74) is 20.0. The number of methoxy groups -OCH3 is 1. The number of aliphatic hydroxyl groups is 1. The number of imidazole rings is 1. The molecule has 1 amide bonds. The lowest BCUT2D eigenvalue weighted by Crippen LogP contribution is -2.24. The third kappa shape index (κ3) is 7.29. The summed E-state index contributed by atoms with van der Waals surface area (Å²) in [6.45, 7) is 3.47. The molecule has 1 saturated carbocycles. The summed E-state index contributed by atoms with van der Waals surface area (Å²) >= 11 is 0. The third-order valence-electron chi connectivity index (χ3n) is 7.09. The van der Waals surface area contributed by atoms with Crippen LogP contribution < -0.4 is 27.6 Å². The van der Waals surface area contributed by atoms with Gasteiger partial charge in [-0.1, -0.05) is 25.0 Å². The Balaban J connectivity index is 0.000000816. The second-order valence-corrected chi connectivity index (χ2v) is 10.6. The lowest BCUT2D eigenvalue weighted by atomic mass is 9.97. The van der Waals surface area contributed by atoms with Gasteiger partial charge in [-0.2, -0.15) is 4.39 Å². The van der Waals surface area contributed by atoms with Crippen LogP contribution in [0.25, 0.3) is 38.8 Å². The SMILES string of the molecule is C/C(N)=C/C(=C(\N)F)c1[nH]c2ncc3c(c2c1-c1ccc(OCC(C)O)cc1)n(C1CCCC1)c(=O)n3C.COC.NC=O. The van der Waals surface area contributed by atoms with E-state index in [-0.39, 0.29) is 30.3 Å². The monoisotopic (exact) mass is 611 g/mol. The fraction of sp³-hybridized carbons (Fsp3) is 0.387. The van der Waals surface area contributed by atoms with Gasteiger partial charge in [0.25, 0.3) is 0 Å². The molecule has 238 valence electrons. The van der Waals surface area contributed by atoms with Crippen LogP contribution in [0.3, 0.4) is 0 Å². The van der Waals surface area contributed by atoms with Crippen molar-refractivity contribution in [3.8, 4) is 16.9 Å². The molecular weight excluding hydrogens is 569 g/mol. The number of carbonyl (C=O) groups is 1. The quantitative estimate of drug-likeness (QED) is 0.119. The molecule has 0 radical (unpaired) electrons. The summed E-state index contributed by atoms with van der Waals surface area (Å²) in [5, 5.41) is 10.3. The molecule has 1 aliphatic rings. The molecule has 8 N–H and O–H groups in total. The Hall–Kier alpha value is -4.62. The highest BCUT2D eigenvalue weighted by Gasteiger charge is 2.28. The molecule has 1 aliphatic carbocycles. The molecule has 4 aromatic rings. The number of aliphatic hydroxyl groups excluding tert-OH is 1. The number of pyridine rings is 1. The Bertz CT molecular complexity index is 1690. The predicted molar refractivity (Wildman–Crippen MR) is 170 cm³/mol. The lowest BCUT2D eigenvalue weighted by molar-refractivity contribution is -0.106. The van der Waals surface area contributed by atoms with Crippen molar-refractivity contribution >= 4 is 34.1 Å². The van der Waals surface area contributed by atoms with E-state index in [0.717, 1.165) is 36.8 Å². The van der Waals surface area contributed by atoms with Crippen LogP contribution in [-0.2, 0) is 16.6 Å². The minimum atomic E-state index is -0.892. The summed E-state index contributed by atoms with van der Waals surface area (Å²) < 4.78 is 28.2. The summed E-state index contributed by atoms with van der Waals surface area (Å²) in [4.78, 5) is 29.9. The van der Waals surface area contributed by atoms with Crippen LogP contribution in [0.2, 0.25) is 0 Å². The highest BCUT2D eigenvalue weighted by atomic mass is 19.1. The Labute approximate surface area is 254 Å².